The van der Waals surface area contributed by atoms with Crippen LogP contribution in [0.4, 0.5) is 5.69 Å². The molecule has 1 aliphatic carbocycles. The van der Waals surface area contributed by atoms with Gasteiger partial charge in [0.05, 0.1) is 11.1 Å². The first-order chi connectivity index (χ1) is 16.0. The van der Waals surface area contributed by atoms with Crippen molar-refractivity contribution >= 4 is 22.6 Å². The number of para-hydroxylation sites is 1. The summed E-state index contributed by atoms with van der Waals surface area (Å²) in [4.78, 5) is 24.1. The Morgan fingerprint density at radius 2 is 1.64 bits per heavy atom. The third-order valence-corrected chi connectivity index (χ3v) is 5.61. The van der Waals surface area contributed by atoms with Gasteiger partial charge in [0.15, 0.2) is 5.43 Å². The molecule has 2 aliphatic rings. The number of aromatic carboxylic acids is 1. The largest absolute Gasteiger partial charge is 0.507 e. The highest BCUT2D eigenvalue weighted by Crippen LogP contribution is 2.43. The van der Waals surface area contributed by atoms with Crippen molar-refractivity contribution in [2.45, 2.75) is 6.54 Å². The highest BCUT2D eigenvalue weighted by atomic mass is 16.4. The normalized spacial score (nSPS) is 11.0. The van der Waals surface area contributed by atoms with Crippen LogP contribution in [0.1, 0.15) is 15.9 Å². The molecule has 5 rings (SSSR count). The molecule has 3 aromatic carbocycles. The monoisotopic (exact) mass is 437 g/mol. The summed E-state index contributed by atoms with van der Waals surface area (Å²) >= 11 is 0. The van der Waals surface area contributed by atoms with Crippen molar-refractivity contribution in [3.63, 3.8) is 0 Å². The van der Waals surface area contributed by atoms with Crippen LogP contribution in [-0.4, -0.2) is 16.2 Å². The predicted octanol–water partition coefficient (Wildman–Crippen LogP) is 5.58. The number of phenolic OH excluding ortho intramolecular Hbond substituents is 1. The molecule has 0 saturated heterocycles. The zero-order valence-corrected chi connectivity index (χ0v) is 17.4. The van der Waals surface area contributed by atoms with Gasteiger partial charge in [-0.25, -0.2) is 4.79 Å². The quantitative estimate of drug-likeness (QED) is 0.310. The van der Waals surface area contributed by atoms with Crippen LogP contribution in [0.3, 0.4) is 0 Å². The number of rotatable bonds is 5. The zero-order valence-electron chi connectivity index (χ0n) is 17.4. The molecular weight excluding hydrogens is 418 g/mol. The number of phenols is 1. The Morgan fingerprint density at radius 3 is 2.42 bits per heavy atom. The molecule has 0 aromatic heterocycles. The van der Waals surface area contributed by atoms with Crippen molar-refractivity contribution in [3.05, 3.63) is 106 Å². The van der Waals surface area contributed by atoms with Gasteiger partial charge in [0.1, 0.15) is 17.1 Å². The molecule has 0 amide bonds. The molecule has 6 nitrogen and oxygen atoms in total. The van der Waals surface area contributed by atoms with Crippen molar-refractivity contribution in [3.8, 4) is 28.2 Å². The van der Waals surface area contributed by atoms with E-state index in [9.17, 15) is 19.8 Å². The van der Waals surface area contributed by atoms with E-state index < -0.39 is 5.97 Å². The fourth-order valence-electron chi connectivity index (χ4n) is 4.07. The average molecular weight is 437 g/mol. The van der Waals surface area contributed by atoms with E-state index in [1.54, 1.807) is 42.5 Å². The van der Waals surface area contributed by atoms with E-state index in [1.807, 2.05) is 30.3 Å². The van der Waals surface area contributed by atoms with Crippen LogP contribution in [0.5, 0.6) is 5.75 Å². The summed E-state index contributed by atoms with van der Waals surface area (Å²) in [6.45, 7) is 0.263. The number of hydrogen-bond acceptors (Lipinski definition) is 5. The molecule has 0 fully saturated rings. The van der Waals surface area contributed by atoms with Gasteiger partial charge >= 0.3 is 5.97 Å². The number of anilines is 1. The summed E-state index contributed by atoms with van der Waals surface area (Å²) in [6, 6.07) is 24.0. The van der Waals surface area contributed by atoms with Crippen LogP contribution in [0.15, 0.2) is 94.1 Å². The molecule has 3 aromatic rings. The summed E-state index contributed by atoms with van der Waals surface area (Å²) in [7, 11) is 0. The first kappa shape index (κ1) is 20.3. The van der Waals surface area contributed by atoms with Gasteiger partial charge in [-0.3, -0.25) is 4.79 Å². The maximum absolute atomic E-state index is 12.1. The van der Waals surface area contributed by atoms with Crippen LogP contribution < -0.4 is 10.7 Å². The number of aromatic hydroxyl groups is 1. The second-order valence-electron chi connectivity index (χ2n) is 7.65. The maximum atomic E-state index is 12.1. The first-order valence-corrected chi connectivity index (χ1v) is 10.4. The summed E-state index contributed by atoms with van der Waals surface area (Å²) in [5.74, 6) is -0.709. The smallest absolute Gasteiger partial charge is 0.336 e. The number of carboxylic acids is 1. The Kier molecular flexibility index (Phi) is 5.03. The number of carboxylic acid groups (broad SMARTS) is 1. The Hall–Kier alpha value is -4.58. The molecule has 0 bridgehead atoms. The van der Waals surface area contributed by atoms with Crippen LogP contribution in [0, 0.1) is 0 Å². The Morgan fingerprint density at radius 1 is 0.879 bits per heavy atom. The third kappa shape index (κ3) is 3.68. The summed E-state index contributed by atoms with van der Waals surface area (Å²) in [6.07, 6.45) is 0. The highest BCUT2D eigenvalue weighted by molar-refractivity contribution is 6.08. The lowest BCUT2D eigenvalue weighted by Gasteiger charge is -2.19. The summed E-state index contributed by atoms with van der Waals surface area (Å²) in [5.41, 5.74) is 3.40. The second-order valence-corrected chi connectivity index (χ2v) is 7.65. The van der Waals surface area contributed by atoms with Gasteiger partial charge in [0.25, 0.3) is 0 Å². The molecule has 33 heavy (non-hydrogen) atoms. The minimum absolute atomic E-state index is 0.0322. The molecule has 162 valence electrons. The predicted molar refractivity (Wildman–Crippen MR) is 127 cm³/mol. The third-order valence-electron chi connectivity index (χ3n) is 5.61. The first-order valence-electron chi connectivity index (χ1n) is 10.4. The molecule has 0 spiro atoms. The van der Waals surface area contributed by atoms with E-state index in [0.717, 1.165) is 5.69 Å². The highest BCUT2D eigenvalue weighted by Gasteiger charge is 2.23. The minimum Gasteiger partial charge on any atom is -0.507 e. The van der Waals surface area contributed by atoms with Crippen molar-refractivity contribution in [2.75, 3.05) is 5.32 Å². The van der Waals surface area contributed by atoms with E-state index in [2.05, 4.69) is 5.32 Å². The Balaban J connectivity index is 1.81. The molecule has 1 aliphatic heterocycles. The number of benzene rings is 4. The fourth-order valence-corrected chi connectivity index (χ4v) is 4.07. The summed E-state index contributed by atoms with van der Waals surface area (Å²) in [5, 5.41) is 24.4. The van der Waals surface area contributed by atoms with E-state index in [-0.39, 0.29) is 23.3 Å². The SMILES string of the molecule is O=C(O)c1ccccc1-c1c2ccc(=O)cc-2oc2c(CNc3ccccc3)c(O)ccc12. The fraction of sp³-hybridized carbons (Fsp3) is 0.0370. The van der Waals surface area contributed by atoms with Crippen LogP contribution in [0.25, 0.3) is 33.4 Å². The van der Waals surface area contributed by atoms with Crippen molar-refractivity contribution in [1.82, 2.24) is 0 Å². The van der Waals surface area contributed by atoms with Crippen LogP contribution in [-0.2, 0) is 6.54 Å². The minimum atomic E-state index is -1.06. The van der Waals surface area contributed by atoms with E-state index in [0.29, 0.717) is 39.0 Å². The van der Waals surface area contributed by atoms with Crippen LogP contribution in [0.2, 0.25) is 0 Å². The number of fused-ring (bicyclic) bond motifs is 2. The lowest BCUT2D eigenvalue weighted by Crippen LogP contribution is -2.05. The summed E-state index contributed by atoms with van der Waals surface area (Å²) < 4.78 is 6.14. The van der Waals surface area contributed by atoms with Crippen LogP contribution >= 0.6 is 0 Å². The average Bonchev–Trinajstić information content (AvgIpc) is 2.82. The lowest BCUT2D eigenvalue weighted by molar-refractivity contribution is 0.0697. The number of hydrogen-bond donors (Lipinski definition) is 3. The van der Waals surface area contributed by atoms with Gasteiger partial charge in [-0.2, -0.15) is 0 Å². The molecular formula is C27H19NO5. The maximum Gasteiger partial charge on any atom is 0.336 e. The van der Waals surface area contributed by atoms with Gasteiger partial charge in [0, 0.05) is 34.8 Å². The molecule has 0 saturated carbocycles. The van der Waals surface area contributed by atoms with E-state index >= 15 is 0 Å². The molecule has 6 heteroatoms. The lowest BCUT2D eigenvalue weighted by atomic mass is 9.90. The standard InChI is InChI=1S/C27H19NO5/c29-17-10-11-20-24(14-17)33-26-21(25(20)18-8-4-5-9-19(18)27(31)32)12-13-23(30)22(26)15-28-16-6-2-1-3-7-16/h1-14,28,30H,15H2,(H,31,32). The van der Waals surface area contributed by atoms with Crippen molar-refractivity contribution < 1.29 is 19.4 Å². The molecule has 0 unspecified atom stereocenters. The second kappa shape index (κ2) is 8.16. The van der Waals surface area contributed by atoms with Gasteiger partial charge in [0.2, 0.25) is 0 Å². The Bertz CT molecular complexity index is 1520. The van der Waals surface area contributed by atoms with E-state index in [4.69, 9.17) is 4.42 Å². The topological polar surface area (TPSA) is 99.8 Å². The zero-order chi connectivity index (χ0) is 22.9. The molecule has 1 heterocycles. The Labute approximate surface area is 188 Å². The number of nitrogens with one attached hydrogen (secondary N) is 1. The molecule has 3 N–H and O–H groups in total. The molecule has 0 atom stereocenters. The molecule has 0 radical (unpaired) electrons. The van der Waals surface area contributed by atoms with Crippen molar-refractivity contribution in [2.24, 2.45) is 0 Å². The van der Waals surface area contributed by atoms with Gasteiger partial charge in [-0.15, -0.1) is 0 Å². The van der Waals surface area contributed by atoms with E-state index in [1.165, 1.54) is 12.1 Å². The van der Waals surface area contributed by atoms with Crippen molar-refractivity contribution in [1.29, 1.82) is 0 Å². The van der Waals surface area contributed by atoms with Gasteiger partial charge in [-0.05, 0) is 48.0 Å². The van der Waals surface area contributed by atoms with Gasteiger partial charge in [-0.1, -0.05) is 36.4 Å². The number of carbonyl (C=O) groups is 1. The van der Waals surface area contributed by atoms with Gasteiger partial charge < -0.3 is 19.9 Å².